The molecule has 102 valence electrons. The van der Waals surface area contributed by atoms with Gasteiger partial charge in [0.15, 0.2) is 0 Å². The van der Waals surface area contributed by atoms with Gasteiger partial charge in [0.1, 0.15) is 6.54 Å². The largest absolute Gasteiger partial charge is 0.352 e. The van der Waals surface area contributed by atoms with Gasteiger partial charge in [-0.25, -0.2) is 0 Å². The molecule has 4 nitrogen and oxygen atoms in total. The van der Waals surface area contributed by atoms with Gasteiger partial charge in [-0.05, 0) is 43.5 Å². The number of nitrogens with one attached hydrogen (secondary N) is 1. The molecule has 0 aliphatic heterocycles. The minimum atomic E-state index is -0.132. The van der Waals surface area contributed by atoms with Crippen LogP contribution in [0.3, 0.4) is 0 Å². The van der Waals surface area contributed by atoms with Crippen LogP contribution in [0.5, 0.6) is 0 Å². The first-order valence-corrected chi connectivity index (χ1v) is 7.10. The molecule has 0 spiro atoms. The fourth-order valence-electron chi connectivity index (χ4n) is 1.83. The summed E-state index contributed by atoms with van der Waals surface area (Å²) in [6.45, 7) is 3.50. The van der Waals surface area contributed by atoms with E-state index in [4.69, 9.17) is 0 Å². The van der Waals surface area contributed by atoms with Crippen molar-refractivity contribution in [3.8, 4) is 0 Å². The van der Waals surface area contributed by atoms with Crippen LogP contribution in [0.1, 0.15) is 25.3 Å². The first-order valence-electron chi connectivity index (χ1n) is 6.31. The number of halogens is 1. The van der Waals surface area contributed by atoms with E-state index >= 15 is 0 Å². The molecule has 0 heterocycles. The molecule has 0 unspecified atom stereocenters. The average molecular weight is 325 g/mol. The van der Waals surface area contributed by atoms with Gasteiger partial charge in [0.25, 0.3) is 0 Å². The summed E-state index contributed by atoms with van der Waals surface area (Å²) in [6.07, 6.45) is 2.09. The maximum absolute atomic E-state index is 11.8. The topological polar surface area (TPSA) is 49.4 Å². The predicted molar refractivity (Wildman–Crippen MR) is 78.1 cm³/mol. The fraction of sp³-hybridized carbons (Fsp3) is 0.429. The van der Waals surface area contributed by atoms with E-state index in [9.17, 15) is 9.59 Å². The van der Waals surface area contributed by atoms with E-state index in [-0.39, 0.29) is 18.4 Å². The molecule has 0 atom stereocenters. The van der Waals surface area contributed by atoms with Crippen molar-refractivity contribution in [2.45, 2.75) is 32.7 Å². The van der Waals surface area contributed by atoms with Crippen molar-refractivity contribution in [3.05, 3.63) is 28.2 Å². The lowest BCUT2D eigenvalue weighted by atomic mass is 10.2. The third-order valence-electron chi connectivity index (χ3n) is 3.08. The van der Waals surface area contributed by atoms with Gasteiger partial charge >= 0.3 is 0 Å². The maximum atomic E-state index is 11.8. The number of benzene rings is 1. The second-order valence-corrected chi connectivity index (χ2v) is 5.73. The Hall–Kier alpha value is -1.36. The van der Waals surface area contributed by atoms with Crippen molar-refractivity contribution in [2.24, 2.45) is 0 Å². The van der Waals surface area contributed by atoms with Gasteiger partial charge in [0, 0.05) is 23.1 Å². The Morgan fingerprint density at radius 1 is 1.42 bits per heavy atom. The molecule has 1 aliphatic carbocycles. The summed E-state index contributed by atoms with van der Waals surface area (Å²) in [7, 11) is 0. The summed E-state index contributed by atoms with van der Waals surface area (Å²) < 4.78 is 0.988. The molecular formula is C14H17BrN2O2. The highest BCUT2D eigenvalue weighted by Crippen LogP contribution is 2.23. The molecule has 1 saturated carbocycles. The summed E-state index contributed by atoms with van der Waals surface area (Å²) in [4.78, 5) is 25.0. The monoisotopic (exact) mass is 324 g/mol. The van der Waals surface area contributed by atoms with Gasteiger partial charge in [-0.1, -0.05) is 15.9 Å². The number of amides is 2. The number of aryl methyl sites for hydroxylation is 1. The van der Waals surface area contributed by atoms with Crippen LogP contribution in [-0.4, -0.2) is 24.4 Å². The highest BCUT2D eigenvalue weighted by molar-refractivity contribution is 9.10. The van der Waals surface area contributed by atoms with E-state index in [0.717, 1.165) is 28.6 Å². The van der Waals surface area contributed by atoms with Crippen LogP contribution in [0.4, 0.5) is 5.69 Å². The summed E-state index contributed by atoms with van der Waals surface area (Å²) in [5, 5.41) is 2.89. The minimum absolute atomic E-state index is 0.0763. The quantitative estimate of drug-likeness (QED) is 0.924. The van der Waals surface area contributed by atoms with Crippen LogP contribution in [0.2, 0.25) is 0 Å². The lowest BCUT2D eigenvalue weighted by molar-refractivity contribution is -0.123. The Bertz CT molecular complexity index is 512. The lowest BCUT2D eigenvalue weighted by Gasteiger charge is -2.21. The van der Waals surface area contributed by atoms with Gasteiger partial charge in [0.05, 0.1) is 0 Å². The molecule has 2 rings (SSSR count). The second-order valence-electron chi connectivity index (χ2n) is 4.88. The van der Waals surface area contributed by atoms with E-state index in [1.54, 1.807) is 0 Å². The summed E-state index contributed by atoms with van der Waals surface area (Å²) >= 11 is 3.42. The van der Waals surface area contributed by atoms with E-state index in [2.05, 4.69) is 21.2 Å². The van der Waals surface area contributed by atoms with Crippen molar-refractivity contribution in [2.75, 3.05) is 11.4 Å². The molecule has 5 heteroatoms. The zero-order valence-corrected chi connectivity index (χ0v) is 12.7. The van der Waals surface area contributed by atoms with Crippen LogP contribution in [0, 0.1) is 6.92 Å². The molecule has 1 N–H and O–H groups in total. The zero-order valence-electron chi connectivity index (χ0n) is 11.1. The first-order chi connectivity index (χ1) is 8.97. The third-order valence-corrected chi connectivity index (χ3v) is 3.97. The number of nitrogens with zero attached hydrogens (tertiary/aromatic N) is 1. The zero-order chi connectivity index (χ0) is 14.0. The van der Waals surface area contributed by atoms with E-state index in [1.165, 1.54) is 11.8 Å². The molecule has 1 aliphatic rings. The molecule has 0 aromatic heterocycles. The molecule has 0 bridgehead atoms. The third kappa shape index (κ3) is 3.80. The Kier molecular flexibility index (Phi) is 4.24. The summed E-state index contributed by atoms with van der Waals surface area (Å²) in [5.74, 6) is -0.231. The highest BCUT2D eigenvalue weighted by atomic mass is 79.9. The molecular weight excluding hydrogens is 308 g/mol. The molecule has 0 radical (unpaired) electrons. The number of hydrogen-bond acceptors (Lipinski definition) is 2. The number of rotatable bonds is 4. The molecule has 1 aromatic carbocycles. The Morgan fingerprint density at radius 3 is 2.63 bits per heavy atom. The Balaban J connectivity index is 2.11. The average Bonchev–Trinajstić information content (AvgIpc) is 3.13. The molecule has 0 saturated heterocycles. The van der Waals surface area contributed by atoms with E-state index < -0.39 is 0 Å². The molecule has 19 heavy (non-hydrogen) atoms. The first kappa shape index (κ1) is 14.1. The highest BCUT2D eigenvalue weighted by Gasteiger charge is 2.25. The smallest absolute Gasteiger partial charge is 0.240 e. The maximum Gasteiger partial charge on any atom is 0.240 e. The van der Waals surface area contributed by atoms with Crippen LogP contribution in [0.15, 0.2) is 22.7 Å². The molecule has 1 aromatic rings. The number of anilines is 1. The van der Waals surface area contributed by atoms with Gasteiger partial charge < -0.3 is 10.2 Å². The van der Waals surface area contributed by atoms with Crippen molar-refractivity contribution in [3.63, 3.8) is 0 Å². The van der Waals surface area contributed by atoms with Crippen LogP contribution in [-0.2, 0) is 9.59 Å². The summed E-state index contributed by atoms with van der Waals surface area (Å²) in [5.41, 5.74) is 1.78. The summed E-state index contributed by atoms with van der Waals surface area (Å²) in [6, 6.07) is 5.94. The lowest BCUT2D eigenvalue weighted by Crippen LogP contribution is -2.40. The predicted octanol–water partition coefficient (Wildman–Crippen LogP) is 2.39. The standard InChI is InChI=1S/C14H17BrN2O2/c1-9-7-12(5-6-13(9)15)17(10(2)18)8-14(19)16-11-3-4-11/h5-7,11H,3-4,8H2,1-2H3,(H,16,19). The van der Waals surface area contributed by atoms with E-state index in [1.807, 2.05) is 25.1 Å². The number of carbonyl (C=O) groups excluding carboxylic acids is 2. The molecule has 1 fully saturated rings. The van der Waals surface area contributed by atoms with Crippen LogP contribution < -0.4 is 10.2 Å². The van der Waals surface area contributed by atoms with E-state index in [0.29, 0.717) is 6.04 Å². The van der Waals surface area contributed by atoms with Gasteiger partial charge in [0.2, 0.25) is 11.8 Å². The molecule has 2 amide bonds. The van der Waals surface area contributed by atoms with Gasteiger partial charge in [-0.2, -0.15) is 0 Å². The SMILES string of the molecule is CC(=O)N(CC(=O)NC1CC1)c1ccc(Br)c(C)c1. The van der Waals surface area contributed by atoms with Crippen LogP contribution in [0.25, 0.3) is 0 Å². The van der Waals surface area contributed by atoms with Crippen molar-refractivity contribution < 1.29 is 9.59 Å². The fourth-order valence-corrected chi connectivity index (χ4v) is 2.07. The number of hydrogen-bond donors (Lipinski definition) is 1. The van der Waals surface area contributed by atoms with Crippen molar-refractivity contribution >= 4 is 33.4 Å². The Morgan fingerprint density at radius 2 is 2.11 bits per heavy atom. The van der Waals surface area contributed by atoms with Gasteiger partial charge in [-0.3, -0.25) is 9.59 Å². The van der Waals surface area contributed by atoms with Crippen molar-refractivity contribution in [1.82, 2.24) is 5.32 Å². The van der Waals surface area contributed by atoms with Gasteiger partial charge in [-0.15, -0.1) is 0 Å². The Labute approximate surface area is 121 Å². The van der Waals surface area contributed by atoms with Crippen molar-refractivity contribution in [1.29, 1.82) is 0 Å². The van der Waals surface area contributed by atoms with Crippen LogP contribution >= 0.6 is 15.9 Å². The second kappa shape index (κ2) is 5.74. The minimum Gasteiger partial charge on any atom is -0.352 e. The number of carbonyl (C=O) groups is 2. The normalized spacial score (nSPS) is 14.1.